The lowest BCUT2D eigenvalue weighted by molar-refractivity contribution is -0.141. The highest BCUT2D eigenvalue weighted by Crippen LogP contribution is 2.51. The molecule has 4 aliphatic rings. The quantitative estimate of drug-likeness (QED) is 0.762. The van der Waals surface area contributed by atoms with Crippen molar-refractivity contribution < 1.29 is 23.7 Å². The molecule has 0 radical (unpaired) electrons. The number of hydrogen-bond donors (Lipinski definition) is 1. The normalized spacial score (nSPS) is 34.2. The van der Waals surface area contributed by atoms with Gasteiger partial charge in [-0.3, -0.25) is 9.69 Å². The molecule has 0 aliphatic carbocycles. The fourth-order valence-corrected chi connectivity index (χ4v) is 5.98. The van der Waals surface area contributed by atoms with Crippen LogP contribution in [0.4, 0.5) is 5.69 Å². The van der Waals surface area contributed by atoms with E-state index in [0.717, 1.165) is 43.1 Å². The lowest BCUT2D eigenvalue weighted by Gasteiger charge is -2.52. The molecule has 4 heterocycles. The van der Waals surface area contributed by atoms with Crippen LogP contribution in [-0.4, -0.2) is 56.4 Å². The molecule has 0 unspecified atom stereocenters. The molecule has 2 saturated heterocycles. The number of carbonyl (C=O) groups excluding carboxylic acids is 1. The number of hydrogen-bond acceptors (Lipinski definition) is 7. The second-order valence-corrected chi connectivity index (χ2v) is 8.88. The predicted molar refractivity (Wildman–Crippen MR) is 112 cm³/mol. The molecule has 4 aliphatic heterocycles. The summed E-state index contributed by atoms with van der Waals surface area (Å²) in [6.07, 6.45) is 3.84. The van der Waals surface area contributed by atoms with Crippen LogP contribution in [0.2, 0.25) is 0 Å². The molecule has 5 rings (SSSR count). The van der Waals surface area contributed by atoms with Crippen LogP contribution in [0.25, 0.3) is 0 Å². The highest BCUT2D eigenvalue weighted by molar-refractivity contribution is 5.68. The van der Waals surface area contributed by atoms with Crippen molar-refractivity contribution in [2.75, 3.05) is 32.6 Å². The number of carbonyl (C=O) groups is 1. The number of esters is 1. The summed E-state index contributed by atoms with van der Waals surface area (Å²) >= 11 is 0. The van der Waals surface area contributed by atoms with Crippen molar-refractivity contribution in [3.8, 4) is 11.5 Å². The molecular formula is C23H30N2O5. The molecule has 0 aromatic heterocycles. The minimum Gasteiger partial charge on any atom is -0.494 e. The van der Waals surface area contributed by atoms with Gasteiger partial charge < -0.3 is 24.3 Å². The zero-order valence-corrected chi connectivity index (χ0v) is 18.0. The van der Waals surface area contributed by atoms with E-state index in [4.69, 9.17) is 18.9 Å². The lowest BCUT2D eigenvalue weighted by Crippen LogP contribution is -2.60. The summed E-state index contributed by atoms with van der Waals surface area (Å²) in [5.74, 6) is 2.91. The molecule has 0 amide bonds. The Kier molecular flexibility index (Phi) is 4.81. The summed E-state index contributed by atoms with van der Waals surface area (Å²) < 4.78 is 22.4. The lowest BCUT2D eigenvalue weighted by atomic mass is 9.71. The van der Waals surface area contributed by atoms with Gasteiger partial charge >= 0.3 is 5.97 Å². The molecular weight excluding hydrogens is 384 g/mol. The zero-order valence-electron chi connectivity index (χ0n) is 18.0. The van der Waals surface area contributed by atoms with Crippen LogP contribution >= 0.6 is 0 Å². The monoisotopic (exact) mass is 414 g/mol. The van der Waals surface area contributed by atoms with E-state index in [1.54, 1.807) is 20.5 Å². The second kappa shape index (κ2) is 7.38. The molecule has 7 heteroatoms. The van der Waals surface area contributed by atoms with Crippen molar-refractivity contribution in [3.63, 3.8) is 0 Å². The summed E-state index contributed by atoms with van der Waals surface area (Å²) in [6, 6.07) is 4.89. The minimum atomic E-state index is -0.285. The average molecular weight is 415 g/mol. The molecule has 162 valence electrons. The van der Waals surface area contributed by atoms with E-state index in [0.29, 0.717) is 29.7 Å². The average Bonchev–Trinajstić information content (AvgIpc) is 3.11. The Morgan fingerprint density at radius 2 is 1.97 bits per heavy atom. The first-order valence-electron chi connectivity index (χ1n) is 10.8. The highest BCUT2D eigenvalue weighted by Gasteiger charge is 2.51. The van der Waals surface area contributed by atoms with Crippen LogP contribution in [0.3, 0.4) is 0 Å². The fraction of sp³-hybridized carbons (Fsp3) is 0.609. The molecule has 1 N–H and O–H groups in total. The van der Waals surface area contributed by atoms with E-state index in [2.05, 4.69) is 29.3 Å². The molecule has 0 saturated carbocycles. The number of nitrogens with one attached hydrogen (secondary N) is 1. The van der Waals surface area contributed by atoms with E-state index in [1.165, 1.54) is 12.5 Å². The third-order valence-corrected chi connectivity index (χ3v) is 7.41. The Morgan fingerprint density at radius 1 is 1.20 bits per heavy atom. The minimum absolute atomic E-state index is 0.121. The number of benzene rings is 1. The van der Waals surface area contributed by atoms with Gasteiger partial charge in [-0.1, -0.05) is 0 Å². The summed E-state index contributed by atoms with van der Waals surface area (Å²) in [6.45, 7) is 5.59. The standard InChI is InChI=1S/C23H30N2O5/c1-12-17-10-25-6-5-14-15-8-20(27-3)21(28-4)9-18(15)24-23(14)19(25)7-16(17)22(11-29-12)30-13(2)26/h8-9,11-12,14,16-17,19,23-24H,5-7,10H2,1-4H3/t12-,14+,16-,17-,19-,23+/m0/s1. The van der Waals surface area contributed by atoms with Gasteiger partial charge in [0.15, 0.2) is 11.5 Å². The number of piperidine rings is 2. The summed E-state index contributed by atoms with van der Waals surface area (Å²) in [7, 11) is 3.35. The van der Waals surface area contributed by atoms with Crippen LogP contribution in [0.15, 0.2) is 24.2 Å². The molecule has 6 atom stereocenters. The molecule has 2 fully saturated rings. The van der Waals surface area contributed by atoms with Crippen LogP contribution in [0.1, 0.15) is 38.2 Å². The van der Waals surface area contributed by atoms with E-state index in [9.17, 15) is 4.79 Å². The topological polar surface area (TPSA) is 69.3 Å². The van der Waals surface area contributed by atoms with E-state index < -0.39 is 0 Å². The van der Waals surface area contributed by atoms with Gasteiger partial charge in [-0.2, -0.15) is 0 Å². The smallest absolute Gasteiger partial charge is 0.307 e. The number of methoxy groups -OCH3 is 2. The zero-order chi connectivity index (χ0) is 21.0. The number of anilines is 1. The molecule has 7 nitrogen and oxygen atoms in total. The van der Waals surface area contributed by atoms with E-state index in [1.807, 2.05) is 0 Å². The third kappa shape index (κ3) is 3.02. The van der Waals surface area contributed by atoms with E-state index >= 15 is 0 Å². The molecule has 30 heavy (non-hydrogen) atoms. The number of fused-ring (bicyclic) bond motifs is 6. The van der Waals surface area contributed by atoms with Crippen molar-refractivity contribution in [2.45, 2.75) is 50.8 Å². The predicted octanol–water partition coefficient (Wildman–Crippen LogP) is 3.12. The van der Waals surface area contributed by atoms with Crippen LogP contribution in [0, 0.1) is 11.8 Å². The van der Waals surface area contributed by atoms with Gasteiger partial charge in [0.25, 0.3) is 0 Å². The van der Waals surface area contributed by atoms with Crippen LogP contribution in [-0.2, 0) is 14.3 Å². The summed E-state index contributed by atoms with van der Waals surface area (Å²) in [5.41, 5.74) is 2.46. The first kappa shape index (κ1) is 19.5. The maximum Gasteiger partial charge on any atom is 0.307 e. The molecule has 0 spiro atoms. The second-order valence-electron chi connectivity index (χ2n) is 8.88. The molecule has 0 bridgehead atoms. The largest absolute Gasteiger partial charge is 0.494 e. The first-order chi connectivity index (χ1) is 14.5. The van der Waals surface area contributed by atoms with Gasteiger partial charge in [0.05, 0.1) is 20.3 Å². The Balaban J connectivity index is 1.43. The maximum atomic E-state index is 11.6. The molecule has 1 aromatic carbocycles. The Labute approximate surface area is 177 Å². The first-order valence-corrected chi connectivity index (χ1v) is 10.8. The highest BCUT2D eigenvalue weighted by atomic mass is 16.6. The number of ether oxygens (including phenoxy) is 4. The van der Waals surface area contributed by atoms with Gasteiger partial charge in [0, 0.05) is 55.1 Å². The van der Waals surface area contributed by atoms with E-state index in [-0.39, 0.29) is 18.0 Å². The Morgan fingerprint density at radius 3 is 2.70 bits per heavy atom. The number of rotatable bonds is 3. The van der Waals surface area contributed by atoms with Gasteiger partial charge in [-0.05, 0) is 37.9 Å². The van der Waals surface area contributed by atoms with Gasteiger partial charge in [-0.15, -0.1) is 0 Å². The van der Waals surface area contributed by atoms with Crippen molar-refractivity contribution in [1.29, 1.82) is 0 Å². The molecule has 1 aromatic rings. The van der Waals surface area contributed by atoms with Crippen molar-refractivity contribution in [2.24, 2.45) is 11.8 Å². The van der Waals surface area contributed by atoms with Crippen LogP contribution < -0.4 is 14.8 Å². The fourth-order valence-electron chi connectivity index (χ4n) is 5.98. The SMILES string of the molecule is COc1cc2c(cc1OC)[C@H]1CCN3C[C@H]4[C@H](C)OC=C(OC(C)=O)[C@H]4C[C@H]3[C@@H]1N2. The van der Waals surface area contributed by atoms with Gasteiger partial charge in [0.2, 0.25) is 0 Å². The van der Waals surface area contributed by atoms with Crippen molar-refractivity contribution in [1.82, 2.24) is 4.90 Å². The summed E-state index contributed by atoms with van der Waals surface area (Å²) in [5, 5.41) is 3.79. The number of nitrogens with zero attached hydrogens (tertiary/aromatic N) is 1. The van der Waals surface area contributed by atoms with Crippen molar-refractivity contribution >= 4 is 11.7 Å². The van der Waals surface area contributed by atoms with Crippen molar-refractivity contribution in [3.05, 3.63) is 29.7 Å². The number of allylic oxidation sites excluding steroid dienone is 1. The van der Waals surface area contributed by atoms with Gasteiger partial charge in [0.1, 0.15) is 12.0 Å². The third-order valence-electron chi connectivity index (χ3n) is 7.41. The Bertz CT molecular complexity index is 885. The van der Waals surface area contributed by atoms with Crippen LogP contribution in [0.5, 0.6) is 11.5 Å². The maximum absolute atomic E-state index is 11.6. The van der Waals surface area contributed by atoms with Gasteiger partial charge in [-0.25, -0.2) is 0 Å². The summed E-state index contributed by atoms with van der Waals surface area (Å²) in [4.78, 5) is 14.2. The Hall–Kier alpha value is -2.41.